The number of allylic oxidation sites excluding steroid dienone is 1. The zero-order chi connectivity index (χ0) is 17.9. The third-order valence-electron chi connectivity index (χ3n) is 3.57. The van der Waals surface area contributed by atoms with Gasteiger partial charge in [0.1, 0.15) is 0 Å². The van der Waals surface area contributed by atoms with Gasteiger partial charge in [-0.25, -0.2) is 8.42 Å². The highest BCUT2D eigenvalue weighted by Gasteiger charge is 2.26. The Morgan fingerprint density at radius 3 is 2.75 bits per heavy atom. The number of esters is 1. The lowest BCUT2D eigenvalue weighted by Crippen LogP contribution is -2.30. The Bertz CT molecular complexity index is 788. The SMILES string of the molecule is Cc1ccc(Cl)cc1NC(=O)[C@@H](C)OC(=O)C[C@H]1C=CS(=O)(=O)C1. The molecule has 2 atom stereocenters. The monoisotopic (exact) mass is 371 g/mol. The van der Waals surface area contributed by atoms with Crippen molar-refractivity contribution in [3.8, 4) is 0 Å². The lowest BCUT2D eigenvalue weighted by atomic mass is 10.1. The Kier molecular flexibility index (Phi) is 5.66. The van der Waals surface area contributed by atoms with Gasteiger partial charge in [0.05, 0.1) is 12.2 Å². The normalized spacial score (nSPS) is 19.7. The second-order valence-electron chi connectivity index (χ2n) is 5.70. The van der Waals surface area contributed by atoms with Crippen molar-refractivity contribution in [2.75, 3.05) is 11.1 Å². The lowest BCUT2D eigenvalue weighted by Gasteiger charge is -2.15. The number of hydrogen-bond acceptors (Lipinski definition) is 5. The molecule has 1 N–H and O–H groups in total. The van der Waals surface area contributed by atoms with E-state index in [0.717, 1.165) is 11.0 Å². The first-order valence-electron chi connectivity index (χ1n) is 7.34. The maximum absolute atomic E-state index is 12.1. The van der Waals surface area contributed by atoms with Crippen molar-refractivity contribution in [1.82, 2.24) is 0 Å². The Balaban J connectivity index is 1.88. The zero-order valence-corrected chi connectivity index (χ0v) is 14.9. The fraction of sp³-hybridized carbons (Fsp3) is 0.375. The van der Waals surface area contributed by atoms with E-state index in [1.165, 1.54) is 13.0 Å². The van der Waals surface area contributed by atoms with E-state index in [2.05, 4.69) is 5.32 Å². The van der Waals surface area contributed by atoms with E-state index in [4.69, 9.17) is 16.3 Å². The van der Waals surface area contributed by atoms with Crippen LogP contribution in [0.3, 0.4) is 0 Å². The molecule has 1 aliphatic heterocycles. The molecule has 2 rings (SSSR count). The van der Waals surface area contributed by atoms with Gasteiger partial charge in [-0.05, 0) is 31.5 Å². The Morgan fingerprint density at radius 1 is 1.42 bits per heavy atom. The Labute approximate surface area is 145 Å². The summed E-state index contributed by atoms with van der Waals surface area (Å²) in [5.74, 6) is -1.62. The largest absolute Gasteiger partial charge is 0.453 e. The number of rotatable bonds is 5. The fourth-order valence-corrected chi connectivity index (χ4v) is 3.81. The van der Waals surface area contributed by atoms with Crippen LogP contribution in [0.4, 0.5) is 5.69 Å². The van der Waals surface area contributed by atoms with Crippen molar-refractivity contribution >= 4 is 39.0 Å². The third kappa shape index (κ3) is 5.07. The van der Waals surface area contributed by atoms with Crippen molar-refractivity contribution < 1.29 is 22.7 Å². The summed E-state index contributed by atoms with van der Waals surface area (Å²) in [5, 5.41) is 4.23. The average molecular weight is 372 g/mol. The van der Waals surface area contributed by atoms with Gasteiger partial charge in [0.2, 0.25) is 0 Å². The number of carbonyl (C=O) groups is 2. The van der Waals surface area contributed by atoms with Crippen LogP contribution in [0.15, 0.2) is 29.7 Å². The molecule has 0 spiro atoms. The van der Waals surface area contributed by atoms with Crippen molar-refractivity contribution in [1.29, 1.82) is 0 Å². The summed E-state index contributed by atoms with van der Waals surface area (Å²) in [6, 6.07) is 5.08. The number of amides is 1. The van der Waals surface area contributed by atoms with Gasteiger partial charge in [0.25, 0.3) is 5.91 Å². The van der Waals surface area contributed by atoms with Crippen LogP contribution < -0.4 is 5.32 Å². The molecule has 0 aliphatic carbocycles. The molecule has 0 saturated carbocycles. The van der Waals surface area contributed by atoms with E-state index in [1.54, 1.807) is 18.2 Å². The van der Waals surface area contributed by atoms with Crippen LogP contribution in [0.2, 0.25) is 5.02 Å². The highest BCUT2D eigenvalue weighted by atomic mass is 35.5. The number of sulfone groups is 1. The predicted octanol–water partition coefficient (Wildman–Crippen LogP) is 2.47. The first kappa shape index (κ1) is 18.5. The summed E-state index contributed by atoms with van der Waals surface area (Å²) in [6.07, 6.45) is 0.387. The fourth-order valence-electron chi connectivity index (χ4n) is 2.24. The topological polar surface area (TPSA) is 89.5 Å². The minimum Gasteiger partial charge on any atom is -0.453 e. The van der Waals surface area contributed by atoms with Crippen molar-refractivity contribution in [2.24, 2.45) is 5.92 Å². The van der Waals surface area contributed by atoms with Crippen LogP contribution in [0, 0.1) is 12.8 Å². The summed E-state index contributed by atoms with van der Waals surface area (Å²) in [4.78, 5) is 24.0. The van der Waals surface area contributed by atoms with Crippen LogP contribution in [0.25, 0.3) is 0 Å². The molecule has 0 radical (unpaired) electrons. The molecule has 0 fully saturated rings. The first-order valence-corrected chi connectivity index (χ1v) is 9.43. The van der Waals surface area contributed by atoms with Crippen LogP contribution in [-0.2, 0) is 24.2 Å². The highest BCUT2D eigenvalue weighted by molar-refractivity contribution is 7.94. The summed E-state index contributed by atoms with van der Waals surface area (Å²) >= 11 is 5.89. The second-order valence-corrected chi connectivity index (χ2v) is 8.07. The van der Waals surface area contributed by atoms with E-state index in [-0.39, 0.29) is 12.2 Å². The minimum atomic E-state index is -3.22. The molecular weight excluding hydrogens is 354 g/mol. The van der Waals surface area contributed by atoms with Gasteiger partial charge in [-0.3, -0.25) is 9.59 Å². The zero-order valence-electron chi connectivity index (χ0n) is 13.3. The summed E-state index contributed by atoms with van der Waals surface area (Å²) in [5.41, 5.74) is 1.37. The third-order valence-corrected chi connectivity index (χ3v) is 5.27. The summed E-state index contributed by atoms with van der Waals surface area (Å²) < 4.78 is 27.7. The highest BCUT2D eigenvalue weighted by Crippen LogP contribution is 2.21. The van der Waals surface area contributed by atoms with E-state index in [0.29, 0.717) is 10.7 Å². The maximum atomic E-state index is 12.1. The number of hydrogen-bond donors (Lipinski definition) is 1. The van der Waals surface area contributed by atoms with E-state index in [1.807, 2.05) is 6.92 Å². The van der Waals surface area contributed by atoms with E-state index < -0.39 is 33.7 Å². The average Bonchev–Trinajstić information content (AvgIpc) is 2.81. The predicted molar refractivity (Wildman–Crippen MR) is 91.4 cm³/mol. The number of aryl methyl sites for hydroxylation is 1. The standard InChI is InChI=1S/C16H18ClNO5S/c1-10-3-4-13(17)8-14(10)18-16(20)11(2)23-15(19)7-12-5-6-24(21,22)9-12/h3-6,8,11-12H,7,9H2,1-2H3,(H,18,20)/t11-,12-/m1/s1. The van der Waals surface area contributed by atoms with Gasteiger partial charge in [-0.2, -0.15) is 0 Å². The molecule has 0 saturated heterocycles. The van der Waals surface area contributed by atoms with Gasteiger partial charge < -0.3 is 10.1 Å². The molecule has 8 heteroatoms. The molecule has 130 valence electrons. The minimum absolute atomic E-state index is 0.0798. The molecule has 1 aromatic rings. The Hall–Kier alpha value is -1.86. The van der Waals surface area contributed by atoms with Crippen LogP contribution in [-0.4, -0.2) is 32.2 Å². The van der Waals surface area contributed by atoms with Gasteiger partial charge in [0, 0.05) is 22.0 Å². The molecule has 0 aromatic heterocycles. The molecule has 6 nitrogen and oxygen atoms in total. The molecule has 1 aliphatic rings. The molecule has 0 bridgehead atoms. The number of anilines is 1. The molecule has 0 unspecified atom stereocenters. The number of carbonyl (C=O) groups excluding carboxylic acids is 2. The summed E-state index contributed by atoms with van der Waals surface area (Å²) in [7, 11) is -3.22. The van der Waals surface area contributed by atoms with Crippen molar-refractivity contribution in [3.05, 3.63) is 40.3 Å². The van der Waals surface area contributed by atoms with Gasteiger partial charge >= 0.3 is 5.97 Å². The molecule has 1 amide bonds. The van der Waals surface area contributed by atoms with Gasteiger partial charge in [-0.15, -0.1) is 0 Å². The quantitative estimate of drug-likeness (QED) is 0.803. The van der Waals surface area contributed by atoms with Crippen molar-refractivity contribution in [2.45, 2.75) is 26.4 Å². The van der Waals surface area contributed by atoms with Crippen LogP contribution >= 0.6 is 11.6 Å². The second kappa shape index (κ2) is 7.36. The van der Waals surface area contributed by atoms with Crippen molar-refractivity contribution in [3.63, 3.8) is 0 Å². The maximum Gasteiger partial charge on any atom is 0.307 e. The number of halogens is 1. The Morgan fingerprint density at radius 2 is 2.12 bits per heavy atom. The van der Waals surface area contributed by atoms with Crippen LogP contribution in [0.1, 0.15) is 18.9 Å². The number of nitrogens with one attached hydrogen (secondary N) is 1. The molecule has 24 heavy (non-hydrogen) atoms. The molecule has 1 heterocycles. The van der Waals surface area contributed by atoms with E-state index in [9.17, 15) is 18.0 Å². The summed E-state index contributed by atoms with van der Waals surface area (Å²) in [6.45, 7) is 3.27. The molecular formula is C16H18ClNO5S. The van der Waals surface area contributed by atoms with Gasteiger partial charge in [0.15, 0.2) is 15.9 Å². The number of ether oxygens (including phenoxy) is 1. The molecule has 1 aromatic carbocycles. The smallest absolute Gasteiger partial charge is 0.307 e. The number of benzene rings is 1. The lowest BCUT2D eigenvalue weighted by molar-refractivity contribution is -0.153. The van der Waals surface area contributed by atoms with E-state index >= 15 is 0 Å². The first-order chi connectivity index (χ1) is 11.2. The van der Waals surface area contributed by atoms with Crippen LogP contribution in [0.5, 0.6) is 0 Å². The van der Waals surface area contributed by atoms with Gasteiger partial charge in [-0.1, -0.05) is 23.7 Å².